The van der Waals surface area contributed by atoms with E-state index in [1.807, 2.05) is 18.2 Å². The van der Waals surface area contributed by atoms with Crippen molar-refractivity contribution >= 4 is 23.5 Å². The van der Waals surface area contributed by atoms with E-state index >= 15 is 0 Å². The van der Waals surface area contributed by atoms with Crippen LogP contribution in [0.5, 0.6) is 5.75 Å². The number of aliphatic hydroxyl groups excluding tert-OH is 1. The predicted molar refractivity (Wildman–Crippen MR) is 122 cm³/mol. The van der Waals surface area contributed by atoms with Gasteiger partial charge >= 0.3 is 0 Å². The van der Waals surface area contributed by atoms with Crippen LogP contribution < -0.4 is 10.1 Å². The van der Waals surface area contributed by atoms with E-state index in [-0.39, 0.29) is 18.4 Å². The average molecular weight is 443 g/mol. The van der Waals surface area contributed by atoms with Gasteiger partial charge in [0, 0.05) is 31.6 Å². The molecule has 0 spiro atoms. The lowest BCUT2D eigenvalue weighted by Gasteiger charge is -2.29. The van der Waals surface area contributed by atoms with Crippen molar-refractivity contribution < 1.29 is 19.4 Å². The Hall–Kier alpha value is -2.61. The van der Waals surface area contributed by atoms with Crippen molar-refractivity contribution in [3.8, 4) is 5.75 Å². The van der Waals surface area contributed by atoms with Gasteiger partial charge in [-0.3, -0.25) is 14.9 Å². The zero-order chi connectivity index (χ0) is 22.5. The third-order valence-electron chi connectivity index (χ3n) is 6.62. The summed E-state index contributed by atoms with van der Waals surface area (Å²) < 4.78 is 5.90. The lowest BCUT2D eigenvalue weighted by molar-refractivity contribution is -0.133. The molecule has 8 nitrogen and oxygen atoms in total. The molecule has 2 N–H and O–H groups in total. The summed E-state index contributed by atoms with van der Waals surface area (Å²) in [5.74, 6) is 1.20. The molecule has 0 aromatic heterocycles. The first-order valence-electron chi connectivity index (χ1n) is 11.9. The molecule has 0 radical (unpaired) electrons. The molecule has 1 aromatic carbocycles. The number of guanidine groups is 1. The second-order valence-corrected chi connectivity index (χ2v) is 8.87. The Balaban J connectivity index is 1.29. The van der Waals surface area contributed by atoms with E-state index in [0.29, 0.717) is 43.7 Å². The zero-order valence-corrected chi connectivity index (χ0v) is 18.9. The highest BCUT2D eigenvalue weighted by molar-refractivity contribution is 6.07. The monoisotopic (exact) mass is 442 g/mol. The number of amides is 2. The minimum Gasteiger partial charge on any atom is -0.494 e. The number of nitrogens with one attached hydrogen (secondary N) is 1. The van der Waals surface area contributed by atoms with Gasteiger partial charge in [0.15, 0.2) is 0 Å². The Bertz CT molecular complexity index is 866. The second kappa shape index (κ2) is 10.3. The molecule has 8 heteroatoms. The lowest BCUT2D eigenvalue weighted by atomic mass is 10.1. The highest BCUT2D eigenvalue weighted by Gasteiger charge is 2.38. The number of rotatable bonds is 10. The van der Waals surface area contributed by atoms with Crippen LogP contribution in [0.3, 0.4) is 0 Å². The van der Waals surface area contributed by atoms with Crippen LogP contribution in [0, 0.1) is 0 Å². The Morgan fingerprint density at radius 3 is 2.88 bits per heavy atom. The number of carbonyl (C=O) groups excluding carboxylic acids is 2. The summed E-state index contributed by atoms with van der Waals surface area (Å²) in [5.41, 5.74) is 1.74. The molecule has 4 rings (SSSR count). The number of carbonyl (C=O) groups is 2. The van der Waals surface area contributed by atoms with Gasteiger partial charge in [-0.2, -0.15) is 0 Å². The van der Waals surface area contributed by atoms with E-state index in [9.17, 15) is 14.7 Å². The summed E-state index contributed by atoms with van der Waals surface area (Å²) in [6, 6.07) is 5.55. The molecule has 2 heterocycles. The molecule has 1 atom stereocenters. The Kier molecular flexibility index (Phi) is 7.29. The smallest absolute Gasteiger partial charge is 0.251 e. The minimum absolute atomic E-state index is 0.231. The van der Waals surface area contributed by atoms with Crippen LogP contribution in [0.2, 0.25) is 0 Å². The summed E-state index contributed by atoms with van der Waals surface area (Å²) in [7, 11) is 0. The molecule has 1 unspecified atom stereocenters. The van der Waals surface area contributed by atoms with E-state index in [2.05, 4.69) is 22.1 Å². The van der Waals surface area contributed by atoms with Crippen molar-refractivity contribution in [3.05, 3.63) is 23.8 Å². The maximum Gasteiger partial charge on any atom is 0.251 e. The molecule has 2 amide bonds. The summed E-state index contributed by atoms with van der Waals surface area (Å²) in [6.45, 7) is 3.79. The average Bonchev–Trinajstić information content (AvgIpc) is 3.42. The first-order valence-corrected chi connectivity index (χ1v) is 11.9. The standard InChI is InChI=1S/C24H34N4O4/c1-2-3-12-27(18-7-4-5-8-18)22(30)9-6-13-32-19-11-10-17-15-28-21(16-29)23(31)26-24(28)25-20(17)14-19/h10-11,14,18,21,29H,2-9,12-13,15-16H2,1H3,(H,25,26,31). The highest BCUT2D eigenvalue weighted by atomic mass is 16.5. The van der Waals surface area contributed by atoms with Crippen LogP contribution in [0.4, 0.5) is 5.69 Å². The fraction of sp³-hybridized carbons (Fsp3) is 0.625. The van der Waals surface area contributed by atoms with Gasteiger partial charge in [-0.15, -0.1) is 0 Å². The first-order chi connectivity index (χ1) is 15.6. The van der Waals surface area contributed by atoms with Gasteiger partial charge in [0.2, 0.25) is 11.9 Å². The number of aliphatic imine (C=N–C) groups is 1. The van der Waals surface area contributed by atoms with Crippen LogP contribution >= 0.6 is 0 Å². The molecule has 1 saturated heterocycles. The van der Waals surface area contributed by atoms with Gasteiger partial charge in [-0.05, 0) is 37.3 Å². The third-order valence-corrected chi connectivity index (χ3v) is 6.62. The second-order valence-electron chi connectivity index (χ2n) is 8.87. The Labute approximate surface area is 189 Å². The topological polar surface area (TPSA) is 94.5 Å². The lowest BCUT2D eigenvalue weighted by Crippen LogP contribution is -2.39. The van der Waals surface area contributed by atoms with Gasteiger partial charge in [-0.25, -0.2) is 4.99 Å². The van der Waals surface area contributed by atoms with Gasteiger partial charge in [-0.1, -0.05) is 32.3 Å². The van der Waals surface area contributed by atoms with Crippen molar-refractivity contribution in [1.29, 1.82) is 0 Å². The number of unbranched alkanes of at least 4 members (excludes halogenated alkanes) is 1. The molecule has 2 aliphatic heterocycles. The quantitative estimate of drug-likeness (QED) is 0.544. The molecular weight excluding hydrogens is 408 g/mol. The van der Waals surface area contributed by atoms with Gasteiger partial charge in [0.05, 0.1) is 18.9 Å². The molecule has 1 aliphatic carbocycles. The van der Waals surface area contributed by atoms with Crippen LogP contribution in [-0.4, -0.2) is 64.5 Å². The van der Waals surface area contributed by atoms with E-state index in [1.165, 1.54) is 12.8 Å². The van der Waals surface area contributed by atoms with Gasteiger partial charge in [0.25, 0.3) is 5.91 Å². The van der Waals surface area contributed by atoms with Crippen molar-refractivity contribution in [2.75, 3.05) is 19.8 Å². The largest absolute Gasteiger partial charge is 0.494 e. The molecule has 0 bridgehead atoms. The maximum atomic E-state index is 12.8. The number of fused-ring (bicyclic) bond motifs is 2. The molecule has 1 saturated carbocycles. The number of hydrogen-bond donors (Lipinski definition) is 2. The molecule has 3 aliphatic rings. The fourth-order valence-corrected chi connectivity index (χ4v) is 4.79. The summed E-state index contributed by atoms with van der Waals surface area (Å²) in [5, 5.41) is 12.2. The van der Waals surface area contributed by atoms with E-state index < -0.39 is 6.04 Å². The zero-order valence-electron chi connectivity index (χ0n) is 18.9. The number of hydrogen-bond acceptors (Lipinski definition) is 6. The SMILES string of the molecule is CCCCN(C(=O)CCCOc1ccc2c(c1)N=C1NC(=O)C(CO)N1C2)C1CCCC1. The first kappa shape index (κ1) is 22.6. The molecule has 174 valence electrons. The van der Waals surface area contributed by atoms with Crippen LogP contribution in [-0.2, 0) is 16.1 Å². The van der Waals surface area contributed by atoms with Gasteiger partial charge in [0.1, 0.15) is 11.8 Å². The summed E-state index contributed by atoms with van der Waals surface area (Å²) >= 11 is 0. The molecule has 32 heavy (non-hydrogen) atoms. The number of aliphatic hydroxyl groups is 1. The number of ether oxygens (including phenoxy) is 1. The normalized spacial score (nSPS) is 19.9. The van der Waals surface area contributed by atoms with Crippen LogP contribution in [0.1, 0.15) is 63.9 Å². The Morgan fingerprint density at radius 1 is 1.31 bits per heavy atom. The van der Waals surface area contributed by atoms with Crippen LogP contribution in [0.25, 0.3) is 0 Å². The van der Waals surface area contributed by atoms with Crippen molar-refractivity contribution in [2.24, 2.45) is 4.99 Å². The van der Waals surface area contributed by atoms with Crippen molar-refractivity contribution in [1.82, 2.24) is 15.1 Å². The van der Waals surface area contributed by atoms with E-state index in [1.54, 1.807) is 4.90 Å². The van der Waals surface area contributed by atoms with Gasteiger partial charge < -0.3 is 19.6 Å². The third kappa shape index (κ3) is 4.90. The Morgan fingerprint density at radius 2 is 2.12 bits per heavy atom. The highest BCUT2D eigenvalue weighted by Crippen LogP contribution is 2.32. The van der Waals surface area contributed by atoms with Crippen molar-refractivity contribution in [3.63, 3.8) is 0 Å². The van der Waals surface area contributed by atoms with E-state index in [0.717, 1.165) is 43.5 Å². The summed E-state index contributed by atoms with van der Waals surface area (Å²) in [6.07, 6.45) is 8.10. The molecule has 2 fully saturated rings. The maximum absolute atomic E-state index is 12.8. The van der Waals surface area contributed by atoms with E-state index in [4.69, 9.17) is 4.74 Å². The predicted octanol–water partition coefficient (Wildman–Crippen LogP) is 2.71. The number of nitrogens with zero attached hydrogens (tertiary/aromatic N) is 3. The molecular formula is C24H34N4O4. The van der Waals surface area contributed by atoms with Crippen LogP contribution in [0.15, 0.2) is 23.2 Å². The summed E-state index contributed by atoms with van der Waals surface area (Å²) in [4.78, 5) is 33.2. The van der Waals surface area contributed by atoms with Crippen molar-refractivity contribution in [2.45, 2.75) is 76.9 Å². The number of benzene rings is 1. The molecule has 1 aromatic rings. The minimum atomic E-state index is -0.587. The fourth-order valence-electron chi connectivity index (χ4n) is 4.79.